The van der Waals surface area contributed by atoms with Crippen LogP contribution in [0.15, 0.2) is 6.20 Å². The highest BCUT2D eigenvalue weighted by molar-refractivity contribution is 5.46. The number of rotatable bonds is 2. The molecule has 0 spiro atoms. The van der Waals surface area contributed by atoms with E-state index in [-0.39, 0.29) is 12.1 Å². The molecule has 0 unspecified atom stereocenters. The molecule has 0 aromatic carbocycles. The summed E-state index contributed by atoms with van der Waals surface area (Å²) in [5.41, 5.74) is 2.03. The summed E-state index contributed by atoms with van der Waals surface area (Å²) >= 11 is 0. The number of aliphatic hydroxyl groups is 1. The molecule has 2 rings (SSSR count). The predicted octanol–water partition coefficient (Wildman–Crippen LogP) is 1.05. The van der Waals surface area contributed by atoms with Gasteiger partial charge in [0, 0.05) is 13.2 Å². The van der Waals surface area contributed by atoms with Gasteiger partial charge in [0.25, 0.3) is 0 Å². The van der Waals surface area contributed by atoms with Gasteiger partial charge in [0.2, 0.25) is 0 Å². The molecule has 1 aliphatic carbocycles. The molecule has 1 aromatic heterocycles. The van der Waals surface area contributed by atoms with E-state index >= 15 is 0 Å². The smallest absolute Gasteiger partial charge is 0.0825 e. The van der Waals surface area contributed by atoms with Crippen molar-refractivity contribution in [1.82, 2.24) is 9.78 Å². The number of nitrogens with one attached hydrogen (secondary N) is 1. The summed E-state index contributed by atoms with van der Waals surface area (Å²) in [5, 5.41) is 17.3. The molecule has 0 bridgehead atoms. The third-order valence-corrected chi connectivity index (χ3v) is 2.83. The van der Waals surface area contributed by atoms with Crippen LogP contribution in [0.2, 0.25) is 0 Å². The van der Waals surface area contributed by atoms with Gasteiger partial charge in [-0.15, -0.1) is 0 Å². The van der Waals surface area contributed by atoms with Crippen molar-refractivity contribution < 1.29 is 5.11 Å². The first-order valence-corrected chi connectivity index (χ1v) is 5.11. The van der Waals surface area contributed by atoms with Crippen LogP contribution >= 0.6 is 0 Å². The minimum atomic E-state index is -0.199. The Balaban J connectivity index is 2.06. The maximum atomic E-state index is 9.66. The number of aromatic nitrogens is 2. The summed E-state index contributed by atoms with van der Waals surface area (Å²) in [4.78, 5) is 0. The normalized spacial score (nSPS) is 26.8. The van der Waals surface area contributed by atoms with Crippen molar-refractivity contribution in [3.63, 3.8) is 0 Å². The quantitative estimate of drug-likeness (QED) is 0.741. The fraction of sp³-hybridized carbons (Fsp3) is 0.700. The van der Waals surface area contributed by atoms with Crippen LogP contribution in [0.3, 0.4) is 0 Å². The van der Waals surface area contributed by atoms with Gasteiger partial charge >= 0.3 is 0 Å². The summed E-state index contributed by atoms with van der Waals surface area (Å²) in [6.45, 7) is 1.98. The molecule has 1 saturated carbocycles. The summed E-state index contributed by atoms with van der Waals surface area (Å²) in [6.07, 6.45) is 4.83. The minimum Gasteiger partial charge on any atom is -0.391 e. The number of anilines is 1. The van der Waals surface area contributed by atoms with Crippen LogP contribution in [0.25, 0.3) is 0 Å². The van der Waals surface area contributed by atoms with Gasteiger partial charge in [-0.3, -0.25) is 4.68 Å². The van der Waals surface area contributed by atoms with Gasteiger partial charge in [0.05, 0.1) is 23.5 Å². The molecular formula is C10H17N3O. The van der Waals surface area contributed by atoms with Crippen LogP contribution in [0, 0.1) is 6.92 Å². The lowest BCUT2D eigenvalue weighted by atomic mass is 10.2. The summed E-state index contributed by atoms with van der Waals surface area (Å²) in [7, 11) is 1.91. The fourth-order valence-electron chi connectivity index (χ4n) is 2.05. The molecule has 2 atom stereocenters. The molecular weight excluding hydrogens is 178 g/mol. The van der Waals surface area contributed by atoms with Gasteiger partial charge in [-0.1, -0.05) is 0 Å². The standard InChI is InChI=1S/C10H17N3O/c1-7-9(6-13(2)12-7)11-8-4-3-5-10(8)14/h6,8,10-11,14H,3-5H2,1-2H3/t8-,10-/m0/s1. The Morgan fingerprint density at radius 3 is 2.86 bits per heavy atom. The zero-order valence-corrected chi connectivity index (χ0v) is 8.70. The highest BCUT2D eigenvalue weighted by Gasteiger charge is 2.25. The van der Waals surface area contributed by atoms with Crippen LogP contribution in [0.5, 0.6) is 0 Å². The van der Waals surface area contributed by atoms with Crippen molar-refractivity contribution in [2.24, 2.45) is 7.05 Å². The van der Waals surface area contributed by atoms with Crippen LogP contribution in [-0.2, 0) is 7.05 Å². The van der Waals surface area contributed by atoms with Crippen LogP contribution in [0.4, 0.5) is 5.69 Å². The fourth-order valence-corrected chi connectivity index (χ4v) is 2.05. The topological polar surface area (TPSA) is 50.1 Å². The molecule has 0 amide bonds. The van der Waals surface area contributed by atoms with Crippen molar-refractivity contribution in [3.8, 4) is 0 Å². The average Bonchev–Trinajstić information content (AvgIpc) is 2.62. The Labute approximate surface area is 83.9 Å². The molecule has 1 aromatic rings. The number of hydrogen-bond donors (Lipinski definition) is 2. The highest BCUT2D eigenvalue weighted by Crippen LogP contribution is 2.23. The molecule has 78 valence electrons. The maximum Gasteiger partial charge on any atom is 0.0825 e. The van der Waals surface area contributed by atoms with Crippen LogP contribution in [0.1, 0.15) is 25.0 Å². The predicted molar refractivity (Wildman–Crippen MR) is 55.2 cm³/mol. The lowest BCUT2D eigenvalue weighted by molar-refractivity contribution is 0.172. The van der Waals surface area contributed by atoms with Crippen molar-refractivity contribution >= 4 is 5.69 Å². The molecule has 1 aliphatic rings. The molecule has 2 N–H and O–H groups in total. The van der Waals surface area contributed by atoms with Crippen molar-refractivity contribution in [2.75, 3.05) is 5.32 Å². The van der Waals surface area contributed by atoms with Gasteiger partial charge in [-0.2, -0.15) is 5.10 Å². The van der Waals surface area contributed by atoms with Gasteiger partial charge in [0.15, 0.2) is 0 Å². The second-order valence-corrected chi connectivity index (χ2v) is 4.05. The Morgan fingerprint density at radius 2 is 2.36 bits per heavy atom. The van der Waals surface area contributed by atoms with E-state index in [2.05, 4.69) is 10.4 Å². The molecule has 0 aliphatic heterocycles. The van der Waals surface area contributed by atoms with E-state index in [1.54, 1.807) is 4.68 Å². The first-order valence-electron chi connectivity index (χ1n) is 5.11. The summed E-state index contributed by atoms with van der Waals surface area (Å²) in [6, 6.07) is 0.206. The second-order valence-electron chi connectivity index (χ2n) is 4.05. The number of aryl methyl sites for hydroxylation is 2. The number of hydrogen-bond acceptors (Lipinski definition) is 3. The van der Waals surface area contributed by atoms with Crippen molar-refractivity contribution in [1.29, 1.82) is 0 Å². The molecule has 0 radical (unpaired) electrons. The van der Waals surface area contributed by atoms with Gasteiger partial charge < -0.3 is 10.4 Å². The van der Waals surface area contributed by atoms with E-state index in [0.29, 0.717) is 0 Å². The molecule has 0 saturated heterocycles. The Kier molecular flexibility index (Phi) is 2.46. The Morgan fingerprint density at radius 1 is 1.57 bits per heavy atom. The van der Waals surface area contributed by atoms with E-state index in [0.717, 1.165) is 30.6 Å². The highest BCUT2D eigenvalue weighted by atomic mass is 16.3. The third kappa shape index (κ3) is 1.75. The van der Waals surface area contributed by atoms with Crippen LogP contribution in [-0.4, -0.2) is 27.0 Å². The first kappa shape index (κ1) is 9.52. The van der Waals surface area contributed by atoms with Crippen molar-refractivity contribution in [3.05, 3.63) is 11.9 Å². The Bertz CT molecular complexity index is 321. The first-order chi connectivity index (χ1) is 6.66. The molecule has 14 heavy (non-hydrogen) atoms. The molecule has 4 nitrogen and oxygen atoms in total. The zero-order valence-electron chi connectivity index (χ0n) is 8.70. The van der Waals surface area contributed by atoms with Gasteiger partial charge in [0.1, 0.15) is 0 Å². The number of aliphatic hydroxyl groups excluding tert-OH is 1. The largest absolute Gasteiger partial charge is 0.391 e. The van der Waals surface area contributed by atoms with E-state index in [1.165, 1.54) is 0 Å². The summed E-state index contributed by atoms with van der Waals surface area (Å²) < 4.78 is 1.79. The molecule has 4 heteroatoms. The van der Waals surface area contributed by atoms with Gasteiger partial charge in [-0.05, 0) is 26.2 Å². The average molecular weight is 195 g/mol. The zero-order chi connectivity index (χ0) is 10.1. The van der Waals surface area contributed by atoms with Crippen LogP contribution < -0.4 is 5.32 Å². The third-order valence-electron chi connectivity index (χ3n) is 2.83. The Hall–Kier alpha value is -1.03. The lowest BCUT2D eigenvalue weighted by Crippen LogP contribution is -2.27. The van der Waals surface area contributed by atoms with E-state index in [4.69, 9.17) is 0 Å². The molecule has 1 fully saturated rings. The number of nitrogens with zero attached hydrogens (tertiary/aromatic N) is 2. The van der Waals surface area contributed by atoms with E-state index < -0.39 is 0 Å². The summed E-state index contributed by atoms with van der Waals surface area (Å²) in [5.74, 6) is 0. The van der Waals surface area contributed by atoms with Gasteiger partial charge in [-0.25, -0.2) is 0 Å². The molecule has 1 heterocycles. The van der Waals surface area contributed by atoms with E-state index in [1.807, 2.05) is 20.2 Å². The maximum absolute atomic E-state index is 9.66. The lowest BCUT2D eigenvalue weighted by Gasteiger charge is -2.16. The van der Waals surface area contributed by atoms with E-state index in [9.17, 15) is 5.11 Å². The van der Waals surface area contributed by atoms with Crippen molar-refractivity contribution in [2.45, 2.75) is 38.3 Å². The second kappa shape index (κ2) is 3.61. The minimum absolute atomic E-state index is 0.199. The SMILES string of the molecule is Cc1nn(C)cc1N[C@H]1CCC[C@@H]1O. The monoisotopic (exact) mass is 195 g/mol.